The summed E-state index contributed by atoms with van der Waals surface area (Å²) in [7, 11) is 0. The molecule has 0 heterocycles. The van der Waals surface area contributed by atoms with Gasteiger partial charge in [0.1, 0.15) is 0 Å². The van der Waals surface area contributed by atoms with Crippen LogP contribution in [0.1, 0.15) is 53.4 Å². The molecule has 0 aromatic rings. The summed E-state index contributed by atoms with van der Waals surface area (Å²) in [5.74, 6) is -3.33. The first-order valence-corrected chi connectivity index (χ1v) is 7.03. The Bertz CT molecular complexity index is 287. The van der Waals surface area contributed by atoms with Crippen molar-refractivity contribution in [1.29, 1.82) is 0 Å². The number of aliphatic carboxylic acids is 4. The zero-order valence-corrected chi connectivity index (χ0v) is 14.6. The third-order valence-electron chi connectivity index (χ3n) is 1.87. The molecule has 8 N–H and O–H groups in total. The van der Waals surface area contributed by atoms with Gasteiger partial charge in [-0.2, -0.15) is 0 Å². The molecule has 10 heteroatoms. The van der Waals surface area contributed by atoms with Crippen LogP contribution in [0.4, 0.5) is 0 Å². The van der Waals surface area contributed by atoms with E-state index in [1.165, 1.54) is 12.8 Å². The standard InChI is InChI=1S/C6H14N2.4C2H4O2/c7-5-3-1-2-4-6(5)8;4*1-2(3)4/h5-6H,1-4,7-8H2;4*1H3,(H,3,4)/t5-,6?;;;;/m0..../s1. The van der Waals surface area contributed by atoms with Crippen LogP contribution in [-0.4, -0.2) is 56.4 Å². The fourth-order valence-corrected chi connectivity index (χ4v) is 1.19. The zero-order valence-electron chi connectivity index (χ0n) is 14.6. The molecule has 0 aliphatic heterocycles. The Labute approximate surface area is 141 Å². The van der Waals surface area contributed by atoms with E-state index in [1.807, 2.05) is 0 Å². The van der Waals surface area contributed by atoms with Crippen molar-refractivity contribution in [1.82, 2.24) is 0 Å². The number of hydrogen-bond acceptors (Lipinski definition) is 6. The molecule has 0 saturated heterocycles. The average molecular weight is 354 g/mol. The van der Waals surface area contributed by atoms with E-state index < -0.39 is 23.9 Å². The summed E-state index contributed by atoms with van der Waals surface area (Å²) in [5, 5.41) is 29.7. The van der Waals surface area contributed by atoms with Gasteiger partial charge in [-0.25, -0.2) is 0 Å². The van der Waals surface area contributed by atoms with Gasteiger partial charge in [0.15, 0.2) is 0 Å². The van der Waals surface area contributed by atoms with E-state index in [1.54, 1.807) is 0 Å². The monoisotopic (exact) mass is 354 g/mol. The van der Waals surface area contributed by atoms with Crippen LogP contribution in [0.15, 0.2) is 0 Å². The van der Waals surface area contributed by atoms with Crippen LogP contribution >= 0.6 is 0 Å². The summed E-state index contributed by atoms with van der Waals surface area (Å²) in [5.41, 5.74) is 11.3. The van der Waals surface area contributed by atoms with Gasteiger partial charge < -0.3 is 31.9 Å². The van der Waals surface area contributed by atoms with Crippen molar-refractivity contribution in [3.8, 4) is 0 Å². The Morgan fingerprint density at radius 3 is 0.833 bits per heavy atom. The normalized spacial score (nSPS) is 17.4. The topological polar surface area (TPSA) is 201 Å². The van der Waals surface area contributed by atoms with Crippen molar-refractivity contribution in [3.05, 3.63) is 0 Å². The molecule has 0 aromatic heterocycles. The third kappa shape index (κ3) is 90.4. The SMILES string of the molecule is CC(=O)O.CC(=O)O.CC(=O)O.CC(=O)O.NC1CCCC[C@@H]1N. The van der Waals surface area contributed by atoms with Crippen molar-refractivity contribution < 1.29 is 39.6 Å². The van der Waals surface area contributed by atoms with Gasteiger partial charge in [-0.15, -0.1) is 0 Å². The maximum Gasteiger partial charge on any atom is 0.300 e. The van der Waals surface area contributed by atoms with Crippen LogP contribution in [-0.2, 0) is 19.2 Å². The molecule has 144 valence electrons. The number of nitrogens with two attached hydrogens (primary N) is 2. The molecule has 2 atom stereocenters. The number of carbonyl (C=O) groups is 4. The summed E-state index contributed by atoms with van der Waals surface area (Å²) < 4.78 is 0. The molecule has 0 spiro atoms. The first-order chi connectivity index (χ1) is 10.7. The second-order valence-corrected chi connectivity index (χ2v) is 4.69. The van der Waals surface area contributed by atoms with E-state index in [2.05, 4.69) is 0 Å². The van der Waals surface area contributed by atoms with Crippen molar-refractivity contribution in [2.45, 2.75) is 65.5 Å². The maximum absolute atomic E-state index is 9.00. The van der Waals surface area contributed by atoms with Gasteiger partial charge in [0.25, 0.3) is 23.9 Å². The van der Waals surface area contributed by atoms with Gasteiger partial charge in [-0.3, -0.25) is 19.2 Å². The molecule has 10 nitrogen and oxygen atoms in total. The van der Waals surface area contributed by atoms with E-state index in [0.717, 1.165) is 40.5 Å². The smallest absolute Gasteiger partial charge is 0.300 e. The summed E-state index contributed by atoms with van der Waals surface area (Å²) in [6.45, 7) is 4.33. The largest absolute Gasteiger partial charge is 0.481 e. The molecule has 1 fully saturated rings. The Morgan fingerprint density at radius 1 is 0.625 bits per heavy atom. The number of carboxylic acid groups (broad SMARTS) is 4. The van der Waals surface area contributed by atoms with Crippen molar-refractivity contribution >= 4 is 23.9 Å². The lowest BCUT2D eigenvalue weighted by atomic mass is 9.92. The predicted molar refractivity (Wildman–Crippen MR) is 87.7 cm³/mol. The minimum atomic E-state index is -0.833. The summed E-state index contributed by atoms with van der Waals surface area (Å²) in [6, 6.07) is 0.562. The second kappa shape index (κ2) is 20.8. The molecule has 0 radical (unpaired) electrons. The van der Waals surface area contributed by atoms with E-state index in [0.29, 0.717) is 0 Å². The minimum absolute atomic E-state index is 0.281. The van der Waals surface area contributed by atoms with Gasteiger partial charge in [-0.1, -0.05) is 12.8 Å². The van der Waals surface area contributed by atoms with E-state index in [4.69, 9.17) is 51.1 Å². The van der Waals surface area contributed by atoms with Gasteiger partial charge >= 0.3 is 0 Å². The number of carboxylic acids is 4. The molecule has 1 aliphatic rings. The van der Waals surface area contributed by atoms with Crippen molar-refractivity contribution in [3.63, 3.8) is 0 Å². The van der Waals surface area contributed by atoms with Crippen LogP contribution in [0.5, 0.6) is 0 Å². The molecule has 0 aromatic carbocycles. The second-order valence-electron chi connectivity index (χ2n) is 4.69. The summed E-state index contributed by atoms with van der Waals surface area (Å²) in [6.07, 6.45) is 4.80. The zero-order chi connectivity index (χ0) is 20.3. The lowest BCUT2D eigenvalue weighted by Crippen LogP contribution is -2.43. The lowest BCUT2D eigenvalue weighted by molar-refractivity contribution is -0.135. The molecule has 1 aliphatic carbocycles. The Hall–Kier alpha value is -2.20. The molecule has 24 heavy (non-hydrogen) atoms. The van der Waals surface area contributed by atoms with Gasteiger partial charge in [0.05, 0.1) is 0 Å². The van der Waals surface area contributed by atoms with E-state index in [9.17, 15) is 0 Å². The Morgan fingerprint density at radius 2 is 0.750 bits per heavy atom. The third-order valence-corrected chi connectivity index (χ3v) is 1.87. The Balaban J connectivity index is -0.000000110. The van der Waals surface area contributed by atoms with Crippen molar-refractivity contribution in [2.75, 3.05) is 0 Å². The van der Waals surface area contributed by atoms with Crippen LogP contribution in [0.25, 0.3) is 0 Å². The van der Waals surface area contributed by atoms with Crippen LogP contribution < -0.4 is 11.5 Å². The van der Waals surface area contributed by atoms with Crippen LogP contribution in [0.2, 0.25) is 0 Å². The minimum Gasteiger partial charge on any atom is -0.481 e. The first kappa shape index (κ1) is 29.8. The van der Waals surface area contributed by atoms with Crippen molar-refractivity contribution in [2.24, 2.45) is 11.5 Å². The highest BCUT2D eigenvalue weighted by Gasteiger charge is 2.16. The molecular formula is C14H30N2O8. The van der Waals surface area contributed by atoms with Gasteiger partial charge in [0.2, 0.25) is 0 Å². The summed E-state index contributed by atoms with van der Waals surface area (Å²) in [4.78, 5) is 36.0. The average Bonchev–Trinajstić information content (AvgIpc) is 2.30. The quantitative estimate of drug-likeness (QED) is 0.357. The highest BCUT2D eigenvalue weighted by atomic mass is 16.4. The fourth-order valence-electron chi connectivity index (χ4n) is 1.19. The molecule has 1 saturated carbocycles. The van der Waals surface area contributed by atoms with Crippen LogP contribution in [0.3, 0.4) is 0 Å². The van der Waals surface area contributed by atoms with Crippen LogP contribution in [0, 0.1) is 0 Å². The fraction of sp³-hybridized carbons (Fsp3) is 0.714. The molecular weight excluding hydrogens is 324 g/mol. The molecule has 1 rings (SSSR count). The summed E-state index contributed by atoms with van der Waals surface area (Å²) >= 11 is 0. The highest BCUT2D eigenvalue weighted by molar-refractivity contribution is 5.63. The molecule has 0 bridgehead atoms. The lowest BCUT2D eigenvalue weighted by Gasteiger charge is -2.24. The highest BCUT2D eigenvalue weighted by Crippen LogP contribution is 2.14. The van der Waals surface area contributed by atoms with Gasteiger partial charge in [0, 0.05) is 39.8 Å². The number of hydrogen-bond donors (Lipinski definition) is 6. The predicted octanol–water partition coefficient (Wildman–Crippen LogP) is 0.579. The Kier molecular flexibility index (Phi) is 25.8. The first-order valence-electron chi connectivity index (χ1n) is 7.03. The maximum atomic E-state index is 9.00. The van der Waals surface area contributed by atoms with E-state index in [-0.39, 0.29) is 12.1 Å². The van der Waals surface area contributed by atoms with Gasteiger partial charge in [-0.05, 0) is 12.8 Å². The molecule has 1 unspecified atom stereocenters. The van der Waals surface area contributed by atoms with E-state index >= 15 is 0 Å². The number of rotatable bonds is 0. The molecule has 0 amide bonds.